The Kier molecular flexibility index (Phi) is 4.15. The molecule has 5 nitrogen and oxygen atoms in total. The standard InChI is InChI=1S/C13H18N2O3/c16-8-7-10-5-6-12(13(9-10)15(17)18)14-11-3-1-2-4-11/h5-6,9,11,14,16H,1-4,7-8H2. The quantitative estimate of drug-likeness (QED) is 0.622. The van der Waals surface area contributed by atoms with Gasteiger partial charge in [0.2, 0.25) is 0 Å². The van der Waals surface area contributed by atoms with Crippen LogP contribution in [-0.4, -0.2) is 22.7 Å². The molecule has 0 aromatic heterocycles. The van der Waals surface area contributed by atoms with E-state index in [4.69, 9.17) is 5.11 Å². The maximum Gasteiger partial charge on any atom is 0.292 e. The van der Waals surface area contributed by atoms with Crippen molar-refractivity contribution in [1.82, 2.24) is 0 Å². The molecule has 98 valence electrons. The van der Waals surface area contributed by atoms with E-state index in [2.05, 4.69) is 5.32 Å². The van der Waals surface area contributed by atoms with E-state index < -0.39 is 0 Å². The molecule has 2 N–H and O–H groups in total. The number of aliphatic hydroxyl groups excluding tert-OH is 1. The number of anilines is 1. The molecule has 0 unspecified atom stereocenters. The van der Waals surface area contributed by atoms with Gasteiger partial charge in [-0.15, -0.1) is 0 Å². The molecule has 0 radical (unpaired) electrons. The Morgan fingerprint density at radius 3 is 2.72 bits per heavy atom. The Balaban J connectivity index is 2.19. The Hall–Kier alpha value is -1.62. The summed E-state index contributed by atoms with van der Waals surface area (Å²) >= 11 is 0. The van der Waals surface area contributed by atoms with E-state index in [-0.39, 0.29) is 17.2 Å². The summed E-state index contributed by atoms with van der Waals surface area (Å²) in [4.78, 5) is 10.7. The van der Waals surface area contributed by atoms with Crippen LogP contribution in [0.1, 0.15) is 31.2 Å². The van der Waals surface area contributed by atoms with Gasteiger partial charge < -0.3 is 10.4 Å². The van der Waals surface area contributed by atoms with Crippen molar-refractivity contribution >= 4 is 11.4 Å². The van der Waals surface area contributed by atoms with Crippen molar-refractivity contribution in [3.05, 3.63) is 33.9 Å². The van der Waals surface area contributed by atoms with Crippen LogP contribution in [0.25, 0.3) is 0 Å². The van der Waals surface area contributed by atoms with Gasteiger partial charge in [-0.2, -0.15) is 0 Å². The van der Waals surface area contributed by atoms with E-state index in [0.29, 0.717) is 18.2 Å². The first-order valence-electron chi connectivity index (χ1n) is 6.35. The number of hydrogen-bond acceptors (Lipinski definition) is 4. The molecule has 1 fully saturated rings. The fourth-order valence-corrected chi connectivity index (χ4v) is 2.42. The maximum atomic E-state index is 11.1. The first kappa shape index (κ1) is 12.8. The summed E-state index contributed by atoms with van der Waals surface area (Å²) < 4.78 is 0. The second-order valence-electron chi connectivity index (χ2n) is 4.71. The second kappa shape index (κ2) is 5.82. The largest absolute Gasteiger partial charge is 0.396 e. The van der Waals surface area contributed by atoms with Crippen molar-refractivity contribution in [2.45, 2.75) is 38.1 Å². The van der Waals surface area contributed by atoms with Gasteiger partial charge in [-0.05, 0) is 30.9 Å². The predicted octanol–water partition coefficient (Wildman–Crippen LogP) is 2.48. The highest BCUT2D eigenvalue weighted by Gasteiger charge is 2.20. The lowest BCUT2D eigenvalue weighted by molar-refractivity contribution is -0.384. The summed E-state index contributed by atoms with van der Waals surface area (Å²) in [5.74, 6) is 0. The number of rotatable bonds is 5. The van der Waals surface area contributed by atoms with Crippen LogP contribution in [0.4, 0.5) is 11.4 Å². The van der Waals surface area contributed by atoms with Crippen molar-refractivity contribution in [2.24, 2.45) is 0 Å². The fraction of sp³-hybridized carbons (Fsp3) is 0.538. The maximum absolute atomic E-state index is 11.1. The van der Waals surface area contributed by atoms with Gasteiger partial charge >= 0.3 is 0 Å². The molecule has 0 saturated heterocycles. The molecule has 5 heteroatoms. The number of nitro groups is 1. The molecule has 0 spiro atoms. The summed E-state index contributed by atoms with van der Waals surface area (Å²) in [6, 6.07) is 5.49. The van der Waals surface area contributed by atoms with E-state index in [1.165, 1.54) is 12.8 Å². The molecule has 0 heterocycles. The number of benzene rings is 1. The summed E-state index contributed by atoms with van der Waals surface area (Å²) in [5, 5.41) is 23.2. The Labute approximate surface area is 106 Å². The van der Waals surface area contributed by atoms with E-state index in [0.717, 1.165) is 18.4 Å². The minimum absolute atomic E-state index is 0.00650. The first-order chi connectivity index (χ1) is 8.70. The monoisotopic (exact) mass is 250 g/mol. The van der Waals surface area contributed by atoms with Gasteiger partial charge in [0.05, 0.1) is 4.92 Å². The van der Waals surface area contributed by atoms with Gasteiger partial charge in [-0.25, -0.2) is 0 Å². The van der Waals surface area contributed by atoms with Gasteiger partial charge in [-0.3, -0.25) is 10.1 Å². The molecule has 0 bridgehead atoms. The van der Waals surface area contributed by atoms with Gasteiger partial charge in [0.15, 0.2) is 0 Å². The minimum atomic E-state index is -0.363. The zero-order valence-electron chi connectivity index (χ0n) is 10.3. The molecule has 0 aliphatic heterocycles. The van der Waals surface area contributed by atoms with E-state index in [9.17, 15) is 10.1 Å². The minimum Gasteiger partial charge on any atom is -0.396 e. The molecule has 0 amide bonds. The molecule has 1 aliphatic rings. The normalized spacial score (nSPS) is 15.8. The Bertz CT molecular complexity index is 428. The highest BCUT2D eigenvalue weighted by Crippen LogP contribution is 2.29. The molecule has 18 heavy (non-hydrogen) atoms. The SMILES string of the molecule is O=[N+]([O-])c1cc(CCO)ccc1NC1CCCC1. The summed E-state index contributed by atoms with van der Waals surface area (Å²) in [6.45, 7) is 0.00650. The van der Waals surface area contributed by atoms with Crippen LogP contribution in [0.15, 0.2) is 18.2 Å². The molecular formula is C13H18N2O3. The lowest BCUT2D eigenvalue weighted by Gasteiger charge is -2.14. The number of nitrogens with zero attached hydrogens (tertiary/aromatic N) is 1. The van der Waals surface area contributed by atoms with Crippen molar-refractivity contribution in [1.29, 1.82) is 0 Å². The van der Waals surface area contributed by atoms with Crippen LogP contribution in [0.2, 0.25) is 0 Å². The lowest BCUT2D eigenvalue weighted by Crippen LogP contribution is -2.15. The average Bonchev–Trinajstić information content (AvgIpc) is 2.84. The highest BCUT2D eigenvalue weighted by atomic mass is 16.6. The Morgan fingerprint density at radius 2 is 2.11 bits per heavy atom. The molecule has 2 rings (SSSR count). The molecular weight excluding hydrogens is 232 g/mol. The van der Waals surface area contributed by atoms with Gasteiger partial charge in [0.1, 0.15) is 5.69 Å². The van der Waals surface area contributed by atoms with Crippen molar-refractivity contribution < 1.29 is 10.0 Å². The Morgan fingerprint density at radius 1 is 1.39 bits per heavy atom. The zero-order chi connectivity index (χ0) is 13.0. The molecule has 1 saturated carbocycles. The number of hydrogen-bond donors (Lipinski definition) is 2. The zero-order valence-corrected chi connectivity index (χ0v) is 10.3. The third-order valence-corrected chi connectivity index (χ3v) is 3.37. The number of aliphatic hydroxyl groups is 1. The highest BCUT2D eigenvalue weighted by molar-refractivity contribution is 5.63. The van der Waals surface area contributed by atoms with Crippen LogP contribution >= 0.6 is 0 Å². The number of nitro benzene ring substituents is 1. The van der Waals surface area contributed by atoms with E-state index >= 15 is 0 Å². The molecule has 1 aromatic carbocycles. The third-order valence-electron chi connectivity index (χ3n) is 3.37. The summed E-state index contributed by atoms with van der Waals surface area (Å²) in [5.41, 5.74) is 1.49. The van der Waals surface area contributed by atoms with E-state index in [1.54, 1.807) is 12.1 Å². The van der Waals surface area contributed by atoms with Crippen molar-refractivity contribution in [3.63, 3.8) is 0 Å². The topological polar surface area (TPSA) is 75.4 Å². The van der Waals surface area contributed by atoms with Crippen molar-refractivity contribution in [2.75, 3.05) is 11.9 Å². The van der Waals surface area contributed by atoms with Crippen LogP contribution in [0.3, 0.4) is 0 Å². The average molecular weight is 250 g/mol. The third kappa shape index (κ3) is 2.98. The van der Waals surface area contributed by atoms with Gasteiger partial charge in [0, 0.05) is 18.7 Å². The molecule has 0 atom stereocenters. The molecule has 1 aliphatic carbocycles. The van der Waals surface area contributed by atoms with Crippen molar-refractivity contribution in [3.8, 4) is 0 Å². The lowest BCUT2D eigenvalue weighted by atomic mass is 10.1. The van der Waals surface area contributed by atoms with Crippen LogP contribution < -0.4 is 5.32 Å². The van der Waals surface area contributed by atoms with E-state index in [1.807, 2.05) is 6.07 Å². The van der Waals surface area contributed by atoms with Crippen LogP contribution in [0.5, 0.6) is 0 Å². The van der Waals surface area contributed by atoms with Gasteiger partial charge in [-0.1, -0.05) is 18.9 Å². The summed E-state index contributed by atoms with van der Waals surface area (Å²) in [7, 11) is 0. The van der Waals surface area contributed by atoms with Gasteiger partial charge in [0.25, 0.3) is 5.69 Å². The smallest absolute Gasteiger partial charge is 0.292 e. The predicted molar refractivity (Wildman–Crippen MR) is 69.8 cm³/mol. The van der Waals surface area contributed by atoms with Crippen LogP contribution in [-0.2, 0) is 6.42 Å². The molecule has 1 aromatic rings. The fourth-order valence-electron chi connectivity index (χ4n) is 2.42. The van der Waals surface area contributed by atoms with Crippen LogP contribution in [0, 0.1) is 10.1 Å². The number of nitrogens with one attached hydrogen (secondary N) is 1. The summed E-state index contributed by atoms with van der Waals surface area (Å²) in [6.07, 6.45) is 4.98. The second-order valence-corrected chi connectivity index (χ2v) is 4.71. The first-order valence-corrected chi connectivity index (χ1v) is 6.35.